The van der Waals surface area contributed by atoms with E-state index in [1.165, 1.54) is 5.56 Å². The maximum Gasteiger partial charge on any atom is 0.191 e. The maximum absolute atomic E-state index is 4.28. The highest BCUT2D eigenvalue weighted by molar-refractivity contribution is 14.0. The minimum absolute atomic E-state index is 0. The normalized spacial score (nSPS) is 12.3. The van der Waals surface area contributed by atoms with E-state index in [1.807, 2.05) is 34.9 Å². The molecule has 0 amide bonds. The molecule has 0 saturated heterocycles. The van der Waals surface area contributed by atoms with Gasteiger partial charge >= 0.3 is 0 Å². The molecule has 0 aliphatic carbocycles. The van der Waals surface area contributed by atoms with E-state index in [4.69, 9.17) is 0 Å². The van der Waals surface area contributed by atoms with Crippen LogP contribution >= 0.6 is 35.3 Å². The molecule has 3 rings (SSSR count). The van der Waals surface area contributed by atoms with Gasteiger partial charge in [-0.2, -0.15) is 11.3 Å². The highest BCUT2D eigenvalue weighted by Gasteiger charge is 2.09. The Balaban J connectivity index is 0.00000243. The van der Waals surface area contributed by atoms with Gasteiger partial charge in [0, 0.05) is 19.3 Å². The lowest BCUT2D eigenvalue weighted by Gasteiger charge is -2.15. The van der Waals surface area contributed by atoms with Gasteiger partial charge in [-0.1, -0.05) is 25.1 Å². The third kappa shape index (κ3) is 5.28. The molecule has 1 aromatic carbocycles. The molecule has 0 radical (unpaired) electrons. The van der Waals surface area contributed by atoms with Gasteiger partial charge in [-0.25, -0.2) is 0 Å². The van der Waals surface area contributed by atoms with Crippen molar-refractivity contribution in [2.24, 2.45) is 4.99 Å². The largest absolute Gasteiger partial charge is 0.356 e. The Labute approximate surface area is 174 Å². The van der Waals surface area contributed by atoms with E-state index < -0.39 is 0 Å². The quantitative estimate of drug-likeness (QED) is 0.321. The summed E-state index contributed by atoms with van der Waals surface area (Å²) in [5, 5.41) is 19.2. The van der Waals surface area contributed by atoms with Crippen LogP contribution in [-0.4, -0.2) is 34.3 Å². The number of hydrogen-bond acceptors (Lipinski definition) is 4. The standard InChI is InChI=1S/C18H22N6S.HI/c1-14(15-8-9-25-12-15)10-20-18(19-2)21-11-17-23-22-13-24(17)16-6-4-3-5-7-16;/h3-9,12-14H,10-11H2,1-2H3,(H2,19,20,21);1H. The van der Waals surface area contributed by atoms with E-state index in [2.05, 4.69) is 49.6 Å². The molecule has 2 N–H and O–H groups in total. The van der Waals surface area contributed by atoms with Gasteiger partial charge in [0.25, 0.3) is 0 Å². The van der Waals surface area contributed by atoms with Crippen LogP contribution in [0.5, 0.6) is 0 Å². The van der Waals surface area contributed by atoms with Crippen LogP contribution in [0.1, 0.15) is 24.2 Å². The third-order valence-corrected chi connectivity index (χ3v) is 4.68. The summed E-state index contributed by atoms with van der Waals surface area (Å²) >= 11 is 1.72. The maximum atomic E-state index is 4.28. The van der Waals surface area contributed by atoms with Gasteiger partial charge in [0.15, 0.2) is 11.8 Å². The van der Waals surface area contributed by atoms with Crippen LogP contribution in [0.25, 0.3) is 5.69 Å². The Hall–Kier alpha value is -1.94. The summed E-state index contributed by atoms with van der Waals surface area (Å²) in [5.74, 6) is 2.02. The van der Waals surface area contributed by atoms with Crippen LogP contribution in [0, 0.1) is 0 Å². The van der Waals surface area contributed by atoms with Gasteiger partial charge in [-0.15, -0.1) is 34.2 Å². The van der Waals surface area contributed by atoms with Gasteiger partial charge in [0.2, 0.25) is 0 Å². The van der Waals surface area contributed by atoms with Gasteiger partial charge < -0.3 is 10.6 Å². The van der Waals surface area contributed by atoms with Crippen molar-refractivity contribution in [1.29, 1.82) is 0 Å². The van der Waals surface area contributed by atoms with E-state index in [0.717, 1.165) is 24.0 Å². The Bertz CT molecular complexity index is 800. The Morgan fingerprint density at radius 3 is 2.73 bits per heavy atom. The lowest BCUT2D eigenvalue weighted by molar-refractivity contribution is 0.692. The van der Waals surface area contributed by atoms with Gasteiger partial charge in [0.1, 0.15) is 6.33 Å². The second-order valence-corrected chi connectivity index (χ2v) is 6.50. The molecule has 3 aromatic rings. The van der Waals surface area contributed by atoms with Crippen molar-refractivity contribution in [2.45, 2.75) is 19.4 Å². The highest BCUT2D eigenvalue weighted by Crippen LogP contribution is 2.17. The fourth-order valence-corrected chi connectivity index (χ4v) is 3.27. The number of aliphatic imine (C=N–C) groups is 1. The van der Waals surface area contributed by atoms with E-state index in [9.17, 15) is 0 Å². The van der Waals surface area contributed by atoms with Gasteiger partial charge in [-0.3, -0.25) is 9.56 Å². The van der Waals surface area contributed by atoms with Crippen LogP contribution in [0.15, 0.2) is 58.5 Å². The van der Waals surface area contributed by atoms with Crippen LogP contribution in [0.3, 0.4) is 0 Å². The van der Waals surface area contributed by atoms with E-state index in [-0.39, 0.29) is 24.0 Å². The number of halogens is 1. The van der Waals surface area contributed by atoms with Crippen LogP contribution in [0.4, 0.5) is 0 Å². The first-order valence-electron chi connectivity index (χ1n) is 8.19. The smallest absolute Gasteiger partial charge is 0.191 e. The zero-order chi connectivity index (χ0) is 17.5. The summed E-state index contributed by atoms with van der Waals surface area (Å²) in [4.78, 5) is 4.28. The average Bonchev–Trinajstić information content (AvgIpc) is 3.34. The third-order valence-electron chi connectivity index (χ3n) is 3.98. The molecule has 1 unspecified atom stereocenters. The number of hydrogen-bond donors (Lipinski definition) is 2. The lowest BCUT2D eigenvalue weighted by atomic mass is 10.1. The first-order valence-corrected chi connectivity index (χ1v) is 9.13. The molecule has 0 saturated carbocycles. The number of nitrogens with one attached hydrogen (secondary N) is 2. The molecule has 6 nitrogen and oxygen atoms in total. The summed E-state index contributed by atoms with van der Waals surface area (Å²) in [6.07, 6.45) is 1.72. The molecule has 0 aliphatic rings. The number of guanidine groups is 1. The van der Waals surface area contributed by atoms with Crippen LogP contribution < -0.4 is 10.6 Å². The SMILES string of the molecule is CN=C(NCc1nncn1-c1ccccc1)NCC(C)c1ccsc1.I. The van der Waals surface area contributed by atoms with Crippen molar-refractivity contribution in [3.05, 3.63) is 64.9 Å². The second-order valence-electron chi connectivity index (χ2n) is 5.72. The fourth-order valence-electron chi connectivity index (χ4n) is 2.49. The van der Waals surface area contributed by atoms with Crippen molar-refractivity contribution in [2.75, 3.05) is 13.6 Å². The lowest BCUT2D eigenvalue weighted by Crippen LogP contribution is -2.39. The fraction of sp³-hybridized carbons (Fsp3) is 0.278. The minimum atomic E-state index is 0. The average molecular weight is 482 g/mol. The zero-order valence-electron chi connectivity index (χ0n) is 14.8. The van der Waals surface area contributed by atoms with Crippen molar-refractivity contribution < 1.29 is 0 Å². The van der Waals surface area contributed by atoms with Gasteiger partial charge in [-0.05, 0) is 40.4 Å². The predicted octanol–water partition coefficient (Wildman–Crippen LogP) is 3.42. The molecule has 0 fully saturated rings. The topological polar surface area (TPSA) is 67.1 Å². The van der Waals surface area contributed by atoms with Crippen molar-refractivity contribution in [1.82, 2.24) is 25.4 Å². The summed E-state index contributed by atoms with van der Waals surface area (Å²) in [6.45, 7) is 3.57. The summed E-state index contributed by atoms with van der Waals surface area (Å²) in [7, 11) is 1.77. The summed E-state index contributed by atoms with van der Waals surface area (Å²) in [5.41, 5.74) is 2.38. The number of rotatable bonds is 6. The summed E-state index contributed by atoms with van der Waals surface area (Å²) in [6, 6.07) is 12.2. The van der Waals surface area contributed by atoms with E-state index in [1.54, 1.807) is 24.7 Å². The number of benzene rings is 1. The molecule has 2 heterocycles. The van der Waals surface area contributed by atoms with Crippen molar-refractivity contribution in [3.63, 3.8) is 0 Å². The van der Waals surface area contributed by atoms with Crippen LogP contribution in [-0.2, 0) is 6.54 Å². The van der Waals surface area contributed by atoms with Crippen LogP contribution in [0.2, 0.25) is 0 Å². The molecular formula is C18H23IN6S. The molecule has 138 valence electrons. The molecule has 26 heavy (non-hydrogen) atoms. The van der Waals surface area contributed by atoms with Crippen molar-refractivity contribution in [3.8, 4) is 5.69 Å². The number of para-hydroxylation sites is 1. The minimum Gasteiger partial charge on any atom is -0.356 e. The first kappa shape index (κ1) is 20.4. The molecule has 0 bridgehead atoms. The molecule has 0 aliphatic heterocycles. The molecule has 1 atom stereocenters. The summed E-state index contributed by atoms with van der Waals surface area (Å²) < 4.78 is 1.97. The molecular weight excluding hydrogens is 459 g/mol. The predicted molar refractivity (Wildman–Crippen MR) is 118 cm³/mol. The monoisotopic (exact) mass is 482 g/mol. The van der Waals surface area contributed by atoms with E-state index in [0.29, 0.717) is 12.5 Å². The number of thiophene rings is 1. The Morgan fingerprint density at radius 2 is 2.04 bits per heavy atom. The highest BCUT2D eigenvalue weighted by atomic mass is 127. The second kappa shape index (κ2) is 10.3. The molecule has 2 aromatic heterocycles. The molecule has 0 spiro atoms. The first-order chi connectivity index (χ1) is 12.3. The molecule has 8 heteroatoms. The number of nitrogens with zero attached hydrogens (tertiary/aromatic N) is 4. The Morgan fingerprint density at radius 1 is 1.23 bits per heavy atom. The van der Waals surface area contributed by atoms with Crippen molar-refractivity contribution >= 4 is 41.3 Å². The van der Waals surface area contributed by atoms with Gasteiger partial charge in [0.05, 0.1) is 6.54 Å². The van der Waals surface area contributed by atoms with E-state index >= 15 is 0 Å². The zero-order valence-corrected chi connectivity index (χ0v) is 17.9. The number of aromatic nitrogens is 3. The Kier molecular flexibility index (Phi) is 8.05.